The zero-order chi connectivity index (χ0) is 14.7. The minimum atomic E-state index is 0.280. The first-order valence-electron chi connectivity index (χ1n) is 8.14. The van der Waals surface area contributed by atoms with Crippen molar-refractivity contribution >= 4 is 10.8 Å². The van der Waals surface area contributed by atoms with Crippen LogP contribution in [0.4, 0.5) is 0 Å². The quantitative estimate of drug-likeness (QED) is 0.883. The molecule has 0 amide bonds. The van der Waals surface area contributed by atoms with E-state index < -0.39 is 0 Å². The minimum Gasteiger partial charge on any atom is -0.376 e. The molecule has 2 aromatic rings. The Bertz CT molecular complexity index is 590. The van der Waals surface area contributed by atoms with Crippen LogP contribution in [0, 0.1) is 5.92 Å². The molecule has 21 heavy (non-hydrogen) atoms. The van der Waals surface area contributed by atoms with Gasteiger partial charge in [-0.2, -0.15) is 0 Å². The average molecular weight is 283 g/mol. The second-order valence-corrected chi connectivity index (χ2v) is 6.10. The van der Waals surface area contributed by atoms with Gasteiger partial charge in [0, 0.05) is 6.61 Å². The number of fused-ring (bicyclic) bond motifs is 1. The molecule has 1 heterocycles. The lowest BCUT2D eigenvalue weighted by Gasteiger charge is -2.28. The number of hydrogen-bond donors (Lipinski definition) is 1. The third kappa shape index (κ3) is 2.97. The van der Waals surface area contributed by atoms with Gasteiger partial charge in [-0.25, -0.2) is 0 Å². The maximum absolute atomic E-state index is 6.07. The van der Waals surface area contributed by atoms with Crippen molar-refractivity contribution in [1.82, 2.24) is 5.32 Å². The highest BCUT2D eigenvalue weighted by atomic mass is 16.5. The number of benzene rings is 2. The fraction of sp³-hybridized carbons (Fsp3) is 0.474. The molecule has 0 radical (unpaired) electrons. The van der Waals surface area contributed by atoms with Gasteiger partial charge in [-0.3, -0.25) is 0 Å². The second kappa shape index (κ2) is 6.59. The summed E-state index contributed by atoms with van der Waals surface area (Å²) in [4.78, 5) is 0. The van der Waals surface area contributed by atoms with E-state index in [4.69, 9.17) is 4.74 Å². The predicted molar refractivity (Wildman–Crippen MR) is 88.5 cm³/mol. The molecule has 2 nitrogen and oxygen atoms in total. The molecule has 0 aliphatic carbocycles. The summed E-state index contributed by atoms with van der Waals surface area (Å²) in [6, 6.07) is 15.5. The van der Waals surface area contributed by atoms with E-state index in [1.165, 1.54) is 22.8 Å². The molecule has 1 aliphatic rings. The monoisotopic (exact) mass is 283 g/mol. The van der Waals surface area contributed by atoms with Crippen LogP contribution in [0.3, 0.4) is 0 Å². The molecule has 1 aliphatic heterocycles. The zero-order valence-electron chi connectivity index (χ0n) is 13.0. The Morgan fingerprint density at radius 3 is 2.76 bits per heavy atom. The molecule has 2 aromatic carbocycles. The van der Waals surface area contributed by atoms with Crippen molar-refractivity contribution < 1.29 is 4.74 Å². The van der Waals surface area contributed by atoms with E-state index in [1.54, 1.807) is 0 Å². The molecule has 1 N–H and O–H groups in total. The zero-order valence-corrected chi connectivity index (χ0v) is 13.0. The first-order valence-corrected chi connectivity index (χ1v) is 8.14. The molecule has 3 rings (SSSR count). The van der Waals surface area contributed by atoms with Crippen LogP contribution in [0.15, 0.2) is 42.5 Å². The SMILES string of the molecule is CCCNC(c1cccc2ccccc12)C1OCCC1C. The Labute approximate surface area is 127 Å². The van der Waals surface area contributed by atoms with Gasteiger partial charge in [-0.1, -0.05) is 56.3 Å². The van der Waals surface area contributed by atoms with Crippen LogP contribution in [-0.2, 0) is 4.74 Å². The van der Waals surface area contributed by atoms with Gasteiger partial charge in [0.05, 0.1) is 12.1 Å². The van der Waals surface area contributed by atoms with Crippen molar-refractivity contribution in [2.75, 3.05) is 13.2 Å². The van der Waals surface area contributed by atoms with Crippen LogP contribution in [0.25, 0.3) is 10.8 Å². The van der Waals surface area contributed by atoms with E-state index in [9.17, 15) is 0 Å². The van der Waals surface area contributed by atoms with E-state index in [0.29, 0.717) is 5.92 Å². The van der Waals surface area contributed by atoms with Crippen LogP contribution in [0.5, 0.6) is 0 Å². The van der Waals surface area contributed by atoms with Gasteiger partial charge in [-0.05, 0) is 41.6 Å². The molecule has 0 saturated carbocycles. The highest BCUT2D eigenvalue weighted by Crippen LogP contribution is 2.34. The number of rotatable bonds is 5. The van der Waals surface area contributed by atoms with Gasteiger partial charge in [0.2, 0.25) is 0 Å². The van der Waals surface area contributed by atoms with Crippen LogP contribution in [0.1, 0.15) is 38.3 Å². The largest absolute Gasteiger partial charge is 0.376 e. The van der Waals surface area contributed by atoms with Crippen molar-refractivity contribution in [3.8, 4) is 0 Å². The first kappa shape index (κ1) is 14.6. The molecule has 3 unspecified atom stereocenters. The summed E-state index contributed by atoms with van der Waals surface area (Å²) >= 11 is 0. The molecule has 1 fully saturated rings. The van der Waals surface area contributed by atoms with E-state index >= 15 is 0 Å². The molecule has 2 heteroatoms. The number of nitrogens with one attached hydrogen (secondary N) is 1. The molecule has 1 saturated heterocycles. The standard InChI is InChI=1S/C19H25NO/c1-3-12-20-18(19-14(2)11-13-21-19)17-10-6-8-15-7-4-5-9-16(15)17/h4-10,14,18-20H,3,11-13H2,1-2H3. The Kier molecular flexibility index (Phi) is 4.57. The predicted octanol–water partition coefficient (Wildman–Crippen LogP) is 4.31. The Balaban J connectivity index is 2.01. The highest BCUT2D eigenvalue weighted by molar-refractivity contribution is 5.86. The van der Waals surface area contributed by atoms with Crippen molar-refractivity contribution in [2.45, 2.75) is 38.8 Å². The van der Waals surface area contributed by atoms with Crippen LogP contribution in [-0.4, -0.2) is 19.3 Å². The third-order valence-electron chi connectivity index (χ3n) is 4.55. The van der Waals surface area contributed by atoms with Crippen molar-refractivity contribution in [3.63, 3.8) is 0 Å². The topological polar surface area (TPSA) is 21.3 Å². The lowest BCUT2D eigenvalue weighted by atomic mass is 9.89. The van der Waals surface area contributed by atoms with Crippen molar-refractivity contribution in [3.05, 3.63) is 48.0 Å². The first-order chi connectivity index (χ1) is 10.3. The Morgan fingerprint density at radius 1 is 1.19 bits per heavy atom. The number of hydrogen-bond acceptors (Lipinski definition) is 2. The summed E-state index contributed by atoms with van der Waals surface area (Å²) in [7, 11) is 0. The van der Waals surface area contributed by atoms with Gasteiger partial charge < -0.3 is 10.1 Å². The summed E-state index contributed by atoms with van der Waals surface area (Å²) < 4.78 is 6.07. The van der Waals surface area contributed by atoms with Crippen molar-refractivity contribution in [1.29, 1.82) is 0 Å². The third-order valence-corrected chi connectivity index (χ3v) is 4.55. The van der Waals surface area contributed by atoms with Gasteiger partial charge in [0.15, 0.2) is 0 Å². The Morgan fingerprint density at radius 2 is 2.00 bits per heavy atom. The summed E-state index contributed by atoms with van der Waals surface area (Å²) in [5.41, 5.74) is 1.38. The van der Waals surface area contributed by atoms with Crippen LogP contribution >= 0.6 is 0 Å². The van der Waals surface area contributed by atoms with Gasteiger partial charge in [0.25, 0.3) is 0 Å². The summed E-state index contributed by atoms with van der Waals surface area (Å²) in [5.74, 6) is 0.610. The molecule has 0 spiro atoms. The normalized spacial score (nSPS) is 23.5. The maximum atomic E-state index is 6.07. The Hall–Kier alpha value is -1.38. The fourth-order valence-electron chi connectivity index (χ4n) is 3.37. The smallest absolute Gasteiger partial charge is 0.0796 e. The highest BCUT2D eigenvalue weighted by Gasteiger charge is 2.33. The summed E-state index contributed by atoms with van der Waals surface area (Å²) in [6.45, 7) is 6.44. The second-order valence-electron chi connectivity index (χ2n) is 6.10. The fourth-order valence-corrected chi connectivity index (χ4v) is 3.37. The van der Waals surface area contributed by atoms with Crippen molar-refractivity contribution in [2.24, 2.45) is 5.92 Å². The van der Waals surface area contributed by atoms with Gasteiger partial charge in [0.1, 0.15) is 0 Å². The molecular formula is C19H25NO. The van der Waals surface area contributed by atoms with E-state index in [2.05, 4.69) is 61.6 Å². The average Bonchev–Trinajstić information content (AvgIpc) is 2.94. The summed E-state index contributed by atoms with van der Waals surface area (Å²) in [5, 5.41) is 6.38. The molecule has 0 bridgehead atoms. The number of ether oxygens (including phenoxy) is 1. The molecular weight excluding hydrogens is 258 g/mol. The van der Waals surface area contributed by atoms with E-state index in [0.717, 1.165) is 19.6 Å². The van der Waals surface area contributed by atoms with Crippen LogP contribution < -0.4 is 5.32 Å². The molecule has 0 aromatic heterocycles. The van der Waals surface area contributed by atoms with Gasteiger partial charge >= 0.3 is 0 Å². The maximum Gasteiger partial charge on any atom is 0.0796 e. The lowest BCUT2D eigenvalue weighted by molar-refractivity contribution is 0.0611. The van der Waals surface area contributed by atoms with Crippen LogP contribution in [0.2, 0.25) is 0 Å². The van der Waals surface area contributed by atoms with E-state index in [1.807, 2.05) is 0 Å². The molecule has 112 valence electrons. The van der Waals surface area contributed by atoms with Gasteiger partial charge in [-0.15, -0.1) is 0 Å². The van der Waals surface area contributed by atoms with E-state index in [-0.39, 0.29) is 12.1 Å². The molecule has 3 atom stereocenters. The summed E-state index contributed by atoms with van der Waals surface area (Å²) in [6.07, 6.45) is 2.59. The minimum absolute atomic E-state index is 0.280. The lowest BCUT2D eigenvalue weighted by Crippen LogP contribution is -2.35.